The van der Waals surface area contributed by atoms with Crippen LogP contribution in [0.25, 0.3) is 0 Å². The highest BCUT2D eigenvalue weighted by molar-refractivity contribution is 6.36. The lowest BCUT2D eigenvalue weighted by molar-refractivity contribution is -0.139. The Morgan fingerprint density at radius 2 is 1.81 bits per heavy atom. The summed E-state index contributed by atoms with van der Waals surface area (Å²) in [4.78, 5) is 23.6. The van der Waals surface area contributed by atoms with Crippen molar-refractivity contribution >= 4 is 35.0 Å². The summed E-state index contributed by atoms with van der Waals surface area (Å²) in [7, 11) is 0. The Balaban J connectivity index is 1.81. The number of hydrogen-bond donors (Lipinski definition) is 2. The first-order valence-corrected chi connectivity index (χ1v) is 7.84. The molecule has 1 aromatic carbocycles. The Morgan fingerprint density at radius 1 is 1.10 bits per heavy atom. The third kappa shape index (κ3) is 4.90. The van der Waals surface area contributed by atoms with E-state index in [4.69, 9.17) is 23.2 Å². The van der Waals surface area contributed by atoms with Crippen LogP contribution in [0, 0.1) is 0 Å². The summed E-state index contributed by atoms with van der Waals surface area (Å²) < 4.78 is 0. The standard InChI is InChI=1S/C15H18Cl2N2O2/c16-11-7-6-10(13(17)8-11)9-18-14(20)15(21)19-12-4-2-1-3-5-12/h6-8,12H,1-5,9H2,(H,18,20)(H,19,21). The quantitative estimate of drug-likeness (QED) is 0.838. The minimum Gasteiger partial charge on any atom is -0.345 e. The average Bonchev–Trinajstić information content (AvgIpc) is 2.47. The van der Waals surface area contributed by atoms with Gasteiger partial charge in [0, 0.05) is 22.6 Å². The highest BCUT2D eigenvalue weighted by Crippen LogP contribution is 2.20. The lowest BCUT2D eigenvalue weighted by Crippen LogP contribution is -2.45. The minimum atomic E-state index is -0.633. The predicted octanol–water partition coefficient (Wildman–Crippen LogP) is 3.06. The van der Waals surface area contributed by atoms with Crippen LogP contribution in [0.4, 0.5) is 0 Å². The second-order valence-electron chi connectivity index (χ2n) is 5.23. The van der Waals surface area contributed by atoms with Gasteiger partial charge in [-0.15, -0.1) is 0 Å². The van der Waals surface area contributed by atoms with Gasteiger partial charge in [0.1, 0.15) is 0 Å². The van der Waals surface area contributed by atoms with Gasteiger partial charge in [0.05, 0.1) is 0 Å². The molecular weight excluding hydrogens is 311 g/mol. The summed E-state index contributed by atoms with van der Waals surface area (Å²) in [6.07, 6.45) is 5.30. The van der Waals surface area contributed by atoms with Crippen molar-refractivity contribution in [1.82, 2.24) is 10.6 Å². The summed E-state index contributed by atoms with van der Waals surface area (Å²) in [6.45, 7) is 0.201. The van der Waals surface area contributed by atoms with Gasteiger partial charge in [-0.3, -0.25) is 9.59 Å². The van der Waals surface area contributed by atoms with Crippen molar-refractivity contribution in [2.45, 2.75) is 44.7 Å². The monoisotopic (exact) mass is 328 g/mol. The van der Waals surface area contributed by atoms with Crippen LogP contribution in [-0.2, 0) is 16.1 Å². The molecule has 1 fully saturated rings. The SMILES string of the molecule is O=C(NCc1ccc(Cl)cc1Cl)C(=O)NC1CCCCC1. The van der Waals surface area contributed by atoms with E-state index in [0.717, 1.165) is 31.2 Å². The van der Waals surface area contributed by atoms with Gasteiger partial charge in [0.2, 0.25) is 0 Å². The summed E-state index contributed by atoms with van der Waals surface area (Å²) >= 11 is 11.8. The molecule has 0 bridgehead atoms. The summed E-state index contributed by atoms with van der Waals surface area (Å²) in [5.74, 6) is -1.21. The first-order chi connectivity index (χ1) is 10.1. The van der Waals surface area contributed by atoms with E-state index < -0.39 is 11.8 Å². The number of benzene rings is 1. The van der Waals surface area contributed by atoms with Crippen molar-refractivity contribution in [3.63, 3.8) is 0 Å². The summed E-state index contributed by atoms with van der Waals surface area (Å²) in [6, 6.07) is 5.14. The van der Waals surface area contributed by atoms with Crippen molar-refractivity contribution in [3.05, 3.63) is 33.8 Å². The van der Waals surface area contributed by atoms with Crippen LogP contribution in [0.2, 0.25) is 10.0 Å². The van der Waals surface area contributed by atoms with Gasteiger partial charge in [-0.25, -0.2) is 0 Å². The minimum absolute atomic E-state index is 0.121. The molecule has 0 radical (unpaired) electrons. The fourth-order valence-electron chi connectivity index (χ4n) is 2.42. The van der Waals surface area contributed by atoms with Crippen LogP contribution in [-0.4, -0.2) is 17.9 Å². The molecule has 2 N–H and O–H groups in total. The van der Waals surface area contributed by atoms with Gasteiger partial charge < -0.3 is 10.6 Å². The Bertz CT molecular complexity index is 528. The lowest BCUT2D eigenvalue weighted by atomic mass is 9.95. The Labute approximate surface area is 134 Å². The highest BCUT2D eigenvalue weighted by atomic mass is 35.5. The largest absolute Gasteiger partial charge is 0.345 e. The molecule has 0 aromatic heterocycles. The zero-order chi connectivity index (χ0) is 15.2. The third-order valence-corrected chi connectivity index (χ3v) is 4.19. The van der Waals surface area contributed by atoms with E-state index in [1.807, 2.05) is 0 Å². The van der Waals surface area contributed by atoms with E-state index in [-0.39, 0.29) is 12.6 Å². The first-order valence-electron chi connectivity index (χ1n) is 7.09. The van der Waals surface area contributed by atoms with E-state index in [9.17, 15) is 9.59 Å². The molecule has 6 heteroatoms. The van der Waals surface area contributed by atoms with Gasteiger partial charge in [0.25, 0.3) is 0 Å². The number of amides is 2. The third-order valence-electron chi connectivity index (χ3n) is 3.60. The average molecular weight is 329 g/mol. The van der Waals surface area contributed by atoms with Crippen molar-refractivity contribution in [3.8, 4) is 0 Å². The van der Waals surface area contributed by atoms with Crippen molar-refractivity contribution in [2.75, 3.05) is 0 Å². The molecule has 0 aliphatic heterocycles. The van der Waals surface area contributed by atoms with Gasteiger partial charge >= 0.3 is 11.8 Å². The van der Waals surface area contributed by atoms with Crippen molar-refractivity contribution < 1.29 is 9.59 Å². The molecule has 1 aliphatic rings. The number of nitrogens with one attached hydrogen (secondary N) is 2. The molecule has 2 rings (SSSR count). The molecule has 0 heterocycles. The van der Waals surface area contributed by atoms with Crippen LogP contribution in [0.1, 0.15) is 37.7 Å². The Hall–Kier alpha value is -1.26. The van der Waals surface area contributed by atoms with Gasteiger partial charge in [-0.05, 0) is 30.5 Å². The predicted molar refractivity (Wildman–Crippen MR) is 83.3 cm³/mol. The van der Waals surface area contributed by atoms with Gasteiger partial charge in [0.15, 0.2) is 0 Å². The maximum Gasteiger partial charge on any atom is 0.309 e. The van der Waals surface area contributed by atoms with Gasteiger partial charge in [-0.1, -0.05) is 48.5 Å². The van der Waals surface area contributed by atoms with Crippen LogP contribution < -0.4 is 10.6 Å². The molecule has 0 atom stereocenters. The smallest absolute Gasteiger partial charge is 0.309 e. The Morgan fingerprint density at radius 3 is 2.48 bits per heavy atom. The van der Waals surface area contributed by atoms with E-state index in [1.54, 1.807) is 18.2 Å². The van der Waals surface area contributed by atoms with E-state index in [2.05, 4.69) is 10.6 Å². The second-order valence-corrected chi connectivity index (χ2v) is 6.07. The number of carbonyl (C=O) groups is 2. The second kappa shape index (κ2) is 7.66. The molecule has 4 nitrogen and oxygen atoms in total. The van der Waals surface area contributed by atoms with Gasteiger partial charge in [-0.2, -0.15) is 0 Å². The van der Waals surface area contributed by atoms with E-state index >= 15 is 0 Å². The maximum absolute atomic E-state index is 11.8. The van der Waals surface area contributed by atoms with Crippen LogP contribution in [0.15, 0.2) is 18.2 Å². The number of rotatable bonds is 3. The number of halogens is 2. The number of hydrogen-bond acceptors (Lipinski definition) is 2. The van der Waals surface area contributed by atoms with E-state index in [0.29, 0.717) is 10.0 Å². The topological polar surface area (TPSA) is 58.2 Å². The Kier molecular flexibility index (Phi) is 5.88. The summed E-state index contributed by atoms with van der Waals surface area (Å²) in [5, 5.41) is 6.34. The zero-order valence-electron chi connectivity index (χ0n) is 11.6. The maximum atomic E-state index is 11.8. The zero-order valence-corrected chi connectivity index (χ0v) is 13.1. The van der Waals surface area contributed by atoms with Crippen molar-refractivity contribution in [1.29, 1.82) is 0 Å². The highest BCUT2D eigenvalue weighted by Gasteiger charge is 2.20. The first kappa shape index (κ1) is 16.1. The molecule has 1 saturated carbocycles. The van der Waals surface area contributed by atoms with Crippen LogP contribution >= 0.6 is 23.2 Å². The normalized spacial score (nSPS) is 15.5. The fourth-order valence-corrected chi connectivity index (χ4v) is 2.89. The molecule has 0 unspecified atom stereocenters. The molecule has 0 spiro atoms. The molecule has 21 heavy (non-hydrogen) atoms. The lowest BCUT2D eigenvalue weighted by Gasteiger charge is -2.22. The summed E-state index contributed by atoms with van der Waals surface area (Å²) in [5.41, 5.74) is 0.722. The van der Waals surface area contributed by atoms with E-state index in [1.165, 1.54) is 6.42 Å². The molecule has 1 aliphatic carbocycles. The fraction of sp³-hybridized carbons (Fsp3) is 0.467. The molecular formula is C15H18Cl2N2O2. The number of carbonyl (C=O) groups excluding carboxylic acids is 2. The van der Waals surface area contributed by atoms with Crippen LogP contribution in [0.5, 0.6) is 0 Å². The molecule has 114 valence electrons. The molecule has 2 amide bonds. The molecule has 1 aromatic rings. The van der Waals surface area contributed by atoms with Crippen molar-refractivity contribution in [2.24, 2.45) is 0 Å². The molecule has 0 saturated heterocycles. The van der Waals surface area contributed by atoms with Crippen LogP contribution in [0.3, 0.4) is 0 Å².